The van der Waals surface area contributed by atoms with E-state index in [0.29, 0.717) is 23.6 Å². The van der Waals surface area contributed by atoms with Crippen LogP contribution in [0.3, 0.4) is 0 Å². The van der Waals surface area contributed by atoms with Gasteiger partial charge in [0.1, 0.15) is 18.5 Å². The number of amides is 1. The third kappa shape index (κ3) is 6.87. The Morgan fingerprint density at radius 3 is 2.58 bits per heavy atom. The molecule has 1 amide bonds. The molecule has 5 atom stereocenters. The summed E-state index contributed by atoms with van der Waals surface area (Å²) in [6.07, 6.45) is -0.783. The Bertz CT molecular complexity index is 1180. The van der Waals surface area contributed by atoms with E-state index in [0.717, 1.165) is 21.2 Å². The zero-order valence-corrected chi connectivity index (χ0v) is 22.0. The van der Waals surface area contributed by atoms with Crippen molar-refractivity contribution in [1.29, 1.82) is 0 Å². The van der Waals surface area contributed by atoms with Crippen LogP contribution in [0.5, 0.6) is 5.75 Å². The summed E-state index contributed by atoms with van der Waals surface area (Å²) in [4.78, 5) is 13.6. The molecule has 3 aromatic carbocycles. The minimum Gasteiger partial charge on any atom is -0.490 e. The van der Waals surface area contributed by atoms with E-state index in [4.69, 9.17) is 22.1 Å². The van der Waals surface area contributed by atoms with Crippen molar-refractivity contribution in [2.45, 2.75) is 43.6 Å². The molecule has 0 aliphatic carbocycles. The van der Waals surface area contributed by atoms with Gasteiger partial charge < -0.3 is 26.0 Å². The maximum absolute atomic E-state index is 13.6. The Hall–Kier alpha value is -2.42. The Labute approximate surface area is 224 Å². The van der Waals surface area contributed by atoms with Crippen molar-refractivity contribution < 1.29 is 19.7 Å². The second kappa shape index (κ2) is 12.2. The zero-order chi connectivity index (χ0) is 25.7. The first kappa shape index (κ1) is 26.6. The van der Waals surface area contributed by atoms with E-state index in [1.807, 2.05) is 66.7 Å². The predicted molar refractivity (Wildman–Crippen MR) is 144 cm³/mol. The Kier molecular flexibility index (Phi) is 9.04. The van der Waals surface area contributed by atoms with Crippen molar-refractivity contribution in [1.82, 2.24) is 5.32 Å². The molecule has 0 fully saturated rings. The van der Waals surface area contributed by atoms with Crippen molar-refractivity contribution in [2.75, 3.05) is 6.61 Å². The average Bonchev–Trinajstić information content (AvgIpc) is 2.86. The SMILES string of the molecule is N[C@@H](Cc1ccc(Br)cc1)[C@@H](O)C[C@@H](Cc1cccc(Cl)c1)C(=O)N[C@H]1c2ccccc2OC[C@H]1O. The molecule has 0 saturated heterocycles. The third-order valence-electron chi connectivity index (χ3n) is 6.49. The van der Waals surface area contributed by atoms with Gasteiger partial charge in [0.05, 0.1) is 12.1 Å². The van der Waals surface area contributed by atoms with Gasteiger partial charge in [-0.05, 0) is 60.7 Å². The van der Waals surface area contributed by atoms with E-state index >= 15 is 0 Å². The quantitative estimate of drug-likeness (QED) is 0.307. The largest absolute Gasteiger partial charge is 0.490 e. The van der Waals surface area contributed by atoms with Gasteiger partial charge in [0.2, 0.25) is 5.91 Å². The lowest BCUT2D eigenvalue weighted by Gasteiger charge is -2.32. The second-order valence-electron chi connectivity index (χ2n) is 9.23. The predicted octanol–water partition coefficient (Wildman–Crippen LogP) is 4.19. The average molecular weight is 574 g/mol. The van der Waals surface area contributed by atoms with Crippen molar-refractivity contribution in [3.8, 4) is 5.75 Å². The number of para-hydroxylation sites is 1. The molecule has 0 spiro atoms. The van der Waals surface area contributed by atoms with Crippen LogP contribution in [0.25, 0.3) is 0 Å². The highest BCUT2D eigenvalue weighted by Gasteiger charge is 2.33. The molecule has 190 valence electrons. The number of benzene rings is 3. The maximum atomic E-state index is 13.6. The van der Waals surface area contributed by atoms with Crippen molar-refractivity contribution in [2.24, 2.45) is 11.7 Å². The van der Waals surface area contributed by atoms with E-state index in [2.05, 4.69) is 21.2 Å². The molecular weight excluding hydrogens is 544 g/mol. The molecule has 1 aliphatic heterocycles. The fourth-order valence-electron chi connectivity index (χ4n) is 4.52. The van der Waals surface area contributed by atoms with Gasteiger partial charge in [-0.15, -0.1) is 0 Å². The number of nitrogens with one attached hydrogen (secondary N) is 1. The number of nitrogens with two attached hydrogens (primary N) is 1. The summed E-state index contributed by atoms with van der Waals surface area (Å²) in [5.74, 6) is -0.224. The molecule has 36 heavy (non-hydrogen) atoms. The molecule has 8 heteroatoms. The van der Waals surface area contributed by atoms with Crippen LogP contribution in [0.4, 0.5) is 0 Å². The van der Waals surface area contributed by atoms with E-state index in [-0.39, 0.29) is 18.9 Å². The van der Waals surface area contributed by atoms with E-state index < -0.39 is 30.2 Å². The number of halogens is 2. The number of carbonyl (C=O) groups is 1. The van der Waals surface area contributed by atoms with E-state index in [1.54, 1.807) is 6.07 Å². The van der Waals surface area contributed by atoms with Gasteiger partial charge in [0.25, 0.3) is 0 Å². The Morgan fingerprint density at radius 1 is 1.08 bits per heavy atom. The number of aliphatic hydroxyl groups is 2. The summed E-state index contributed by atoms with van der Waals surface area (Å²) >= 11 is 9.60. The van der Waals surface area contributed by atoms with Crippen LogP contribution in [0.2, 0.25) is 5.02 Å². The molecule has 0 bridgehead atoms. The molecule has 4 rings (SSSR count). The number of rotatable bonds is 9. The van der Waals surface area contributed by atoms with Gasteiger partial charge in [0, 0.05) is 27.0 Å². The molecule has 3 aromatic rings. The maximum Gasteiger partial charge on any atom is 0.224 e. The van der Waals surface area contributed by atoms with Crippen molar-refractivity contribution in [3.63, 3.8) is 0 Å². The molecular formula is C28H30BrClN2O4. The van der Waals surface area contributed by atoms with Crippen LogP contribution in [-0.4, -0.2) is 41.0 Å². The lowest BCUT2D eigenvalue weighted by atomic mass is 9.88. The highest BCUT2D eigenvalue weighted by atomic mass is 79.9. The van der Waals surface area contributed by atoms with Crippen molar-refractivity contribution in [3.05, 3.63) is 99.0 Å². The van der Waals surface area contributed by atoms with Crippen LogP contribution < -0.4 is 15.8 Å². The van der Waals surface area contributed by atoms with Crippen LogP contribution in [0, 0.1) is 5.92 Å². The highest BCUT2D eigenvalue weighted by molar-refractivity contribution is 9.10. The lowest BCUT2D eigenvalue weighted by Crippen LogP contribution is -2.46. The van der Waals surface area contributed by atoms with Gasteiger partial charge in [-0.3, -0.25) is 4.79 Å². The minimum atomic E-state index is -0.907. The number of carbonyl (C=O) groups excluding carboxylic acids is 1. The van der Waals surface area contributed by atoms with Gasteiger partial charge in [-0.25, -0.2) is 0 Å². The summed E-state index contributed by atoms with van der Waals surface area (Å²) in [6.45, 7) is 0.0849. The van der Waals surface area contributed by atoms with Gasteiger partial charge in [-0.1, -0.05) is 70.0 Å². The number of aliphatic hydroxyl groups excluding tert-OH is 2. The topological polar surface area (TPSA) is 105 Å². The molecule has 6 nitrogen and oxygen atoms in total. The number of hydrogen-bond acceptors (Lipinski definition) is 5. The van der Waals surface area contributed by atoms with Gasteiger partial charge in [0.15, 0.2) is 0 Å². The first-order valence-electron chi connectivity index (χ1n) is 11.9. The standard InChI is InChI=1S/C28H30BrClN2O4/c29-20-10-8-17(9-11-20)14-23(31)24(33)15-19(12-18-4-3-5-21(30)13-18)28(35)32-27-22-6-1-2-7-26(22)36-16-25(27)34/h1-11,13,19,23-25,27,33-34H,12,14-16,31H2,(H,32,35)/t19-,23+,24+,25-,27+/m1/s1. The number of fused-ring (bicyclic) bond motifs is 1. The summed E-state index contributed by atoms with van der Waals surface area (Å²) in [5.41, 5.74) is 8.95. The van der Waals surface area contributed by atoms with Crippen LogP contribution in [0.15, 0.2) is 77.3 Å². The minimum absolute atomic E-state index is 0.0849. The molecule has 5 N–H and O–H groups in total. The van der Waals surface area contributed by atoms with E-state index in [9.17, 15) is 15.0 Å². The van der Waals surface area contributed by atoms with Gasteiger partial charge in [-0.2, -0.15) is 0 Å². The zero-order valence-electron chi connectivity index (χ0n) is 19.7. The number of ether oxygens (including phenoxy) is 1. The second-order valence-corrected chi connectivity index (χ2v) is 10.6. The van der Waals surface area contributed by atoms with Crippen LogP contribution in [0.1, 0.15) is 29.2 Å². The van der Waals surface area contributed by atoms with Crippen LogP contribution >= 0.6 is 27.5 Å². The first-order valence-corrected chi connectivity index (χ1v) is 13.1. The Balaban J connectivity index is 1.51. The summed E-state index contributed by atoms with van der Waals surface area (Å²) in [5, 5.41) is 25.2. The van der Waals surface area contributed by atoms with Crippen molar-refractivity contribution >= 4 is 33.4 Å². The highest BCUT2D eigenvalue weighted by Crippen LogP contribution is 2.32. The van der Waals surface area contributed by atoms with Crippen LogP contribution in [-0.2, 0) is 17.6 Å². The normalized spacial score (nSPS) is 19.5. The third-order valence-corrected chi connectivity index (χ3v) is 7.26. The molecule has 1 aliphatic rings. The summed E-state index contributed by atoms with van der Waals surface area (Å²) < 4.78 is 6.57. The lowest BCUT2D eigenvalue weighted by molar-refractivity contribution is -0.128. The monoisotopic (exact) mass is 572 g/mol. The molecule has 1 heterocycles. The molecule has 0 saturated carbocycles. The first-order chi connectivity index (χ1) is 17.3. The smallest absolute Gasteiger partial charge is 0.224 e. The molecule has 0 unspecified atom stereocenters. The Morgan fingerprint density at radius 2 is 1.83 bits per heavy atom. The summed E-state index contributed by atoms with van der Waals surface area (Å²) in [6, 6.07) is 21.3. The van der Waals surface area contributed by atoms with E-state index in [1.165, 1.54) is 0 Å². The fraction of sp³-hybridized carbons (Fsp3) is 0.321. The fourth-order valence-corrected chi connectivity index (χ4v) is 5.00. The van der Waals surface area contributed by atoms with Gasteiger partial charge >= 0.3 is 0 Å². The molecule has 0 aromatic heterocycles. The molecule has 0 radical (unpaired) electrons. The number of hydrogen-bond donors (Lipinski definition) is 4. The summed E-state index contributed by atoms with van der Waals surface area (Å²) in [7, 11) is 0.